The van der Waals surface area contributed by atoms with Crippen LogP contribution in [-0.4, -0.2) is 25.6 Å². The van der Waals surface area contributed by atoms with Gasteiger partial charge in [-0.2, -0.15) is 10.2 Å². The fourth-order valence-electron chi connectivity index (χ4n) is 3.37. The van der Waals surface area contributed by atoms with Crippen molar-refractivity contribution in [2.24, 2.45) is 5.73 Å². The summed E-state index contributed by atoms with van der Waals surface area (Å²) in [5.74, 6) is 0.136. The zero-order valence-corrected chi connectivity index (χ0v) is 15.7. The van der Waals surface area contributed by atoms with Crippen LogP contribution in [0, 0.1) is 21.4 Å². The molecule has 3 aromatic rings. The number of nitrogens with one attached hydrogen (secondary N) is 1. The number of aromatic nitrogens is 3. The van der Waals surface area contributed by atoms with E-state index in [9.17, 15) is 14.9 Å². The van der Waals surface area contributed by atoms with Crippen molar-refractivity contribution < 1.29 is 9.72 Å². The highest BCUT2D eigenvalue weighted by Gasteiger charge is 2.33. The Bertz CT molecular complexity index is 1230. The average molecular weight is 401 g/mol. The zero-order valence-electron chi connectivity index (χ0n) is 15.7. The molecule has 10 heteroatoms. The van der Waals surface area contributed by atoms with Crippen LogP contribution in [0.1, 0.15) is 24.1 Å². The number of carbonyl (C=O) groups excluding carboxylic acids is 1. The number of hydrogen-bond donors (Lipinski definition) is 2. The van der Waals surface area contributed by atoms with E-state index in [-0.39, 0.29) is 5.69 Å². The number of amides is 1. The highest BCUT2D eigenvalue weighted by Crippen LogP contribution is 2.36. The number of carbonyl (C=O) groups is 1. The molecule has 3 N–H and O–H groups in total. The molecule has 0 spiro atoms. The van der Waals surface area contributed by atoms with Gasteiger partial charge in [-0.25, -0.2) is 4.68 Å². The molecule has 1 amide bonds. The van der Waals surface area contributed by atoms with Gasteiger partial charge in [0.1, 0.15) is 6.04 Å². The molecule has 4 rings (SSSR count). The van der Waals surface area contributed by atoms with Crippen LogP contribution in [0.25, 0.3) is 11.4 Å². The Labute approximate surface area is 170 Å². The Morgan fingerprint density at radius 2 is 1.90 bits per heavy atom. The maximum Gasteiger partial charge on any atom is 0.269 e. The van der Waals surface area contributed by atoms with E-state index < -0.39 is 16.9 Å². The third-order valence-electron chi connectivity index (χ3n) is 4.81. The number of benzene rings is 2. The maximum atomic E-state index is 12.2. The molecule has 0 radical (unpaired) electrons. The first kappa shape index (κ1) is 18.8. The summed E-state index contributed by atoms with van der Waals surface area (Å²) in [6.07, 6.45) is 0. The van der Waals surface area contributed by atoms with Crippen molar-refractivity contribution in [1.29, 1.82) is 5.26 Å². The van der Waals surface area contributed by atoms with Crippen molar-refractivity contribution in [3.63, 3.8) is 0 Å². The number of rotatable bonds is 4. The predicted octanol–water partition coefficient (Wildman–Crippen LogP) is 2.50. The first-order valence-corrected chi connectivity index (χ1v) is 8.88. The molecule has 1 aliphatic rings. The number of hydrogen-bond acceptors (Lipinski definition) is 7. The van der Waals surface area contributed by atoms with E-state index in [0.717, 1.165) is 0 Å². The molecular weight excluding hydrogens is 386 g/mol. The van der Waals surface area contributed by atoms with Crippen LogP contribution in [0.2, 0.25) is 0 Å². The summed E-state index contributed by atoms with van der Waals surface area (Å²) in [7, 11) is 0. The van der Waals surface area contributed by atoms with Crippen molar-refractivity contribution in [3.05, 3.63) is 81.0 Å². The molecule has 2 aromatic carbocycles. The quantitative estimate of drug-likeness (QED) is 0.503. The Kier molecular flexibility index (Phi) is 4.48. The van der Waals surface area contributed by atoms with Crippen LogP contribution >= 0.6 is 0 Å². The van der Waals surface area contributed by atoms with Crippen LogP contribution in [0.5, 0.6) is 0 Å². The second-order valence-electron chi connectivity index (χ2n) is 6.67. The lowest BCUT2D eigenvalue weighted by atomic mass is 9.95. The van der Waals surface area contributed by atoms with Gasteiger partial charge in [-0.1, -0.05) is 12.1 Å². The van der Waals surface area contributed by atoms with E-state index in [1.165, 1.54) is 12.1 Å². The molecule has 0 fully saturated rings. The number of nitriles is 1. The minimum Gasteiger partial charge on any atom is -0.366 e. The van der Waals surface area contributed by atoms with Crippen LogP contribution < -0.4 is 11.1 Å². The summed E-state index contributed by atoms with van der Waals surface area (Å²) < 4.78 is 1.55. The summed E-state index contributed by atoms with van der Waals surface area (Å²) in [4.78, 5) is 27.1. The topological polar surface area (TPSA) is 153 Å². The molecule has 10 nitrogen and oxygen atoms in total. The Hall–Kier alpha value is -4.52. The van der Waals surface area contributed by atoms with E-state index >= 15 is 0 Å². The van der Waals surface area contributed by atoms with Gasteiger partial charge in [0.15, 0.2) is 5.82 Å². The first-order valence-electron chi connectivity index (χ1n) is 8.88. The molecule has 1 unspecified atom stereocenters. The van der Waals surface area contributed by atoms with Gasteiger partial charge in [-0.05, 0) is 36.8 Å². The van der Waals surface area contributed by atoms with E-state index in [2.05, 4.69) is 21.5 Å². The van der Waals surface area contributed by atoms with E-state index in [0.29, 0.717) is 39.7 Å². The SMILES string of the molecule is CC1=C(C(N)=O)C(c2ccc(C#N)cc2)n2nc(-c3ccc([N+](=O)[O-])cc3)nc2N1. The molecule has 148 valence electrons. The number of nitro groups is 1. The van der Waals surface area contributed by atoms with E-state index in [1.807, 2.05) is 0 Å². The number of anilines is 1. The number of fused-ring (bicyclic) bond motifs is 1. The molecule has 0 saturated heterocycles. The summed E-state index contributed by atoms with van der Waals surface area (Å²) in [5, 5.41) is 27.5. The largest absolute Gasteiger partial charge is 0.366 e. The highest BCUT2D eigenvalue weighted by atomic mass is 16.6. The summed E-state index contributed by atoms with van der Waals surface area (Å²) in [5.41, 5.74) is 8.27. The Balaban J connectivity index is 1.82. The van der Waals surface area contributed by atoms with Gasteiger partial charge >= 0.3 is 0 Å². The van der Waals surface area contributed by atoms with E-state index in [1.54, 1.807) is 48.0 Å². The third-order valence-corrected chi connectivity index (χ3v) is 4.81. The van der Waals surface area contributed by atoms with Gasteiger partial charge < -0.3 is 11.1 Å². The van der Waals surface area contributed by atoms with E-state index in [4.69, 9.17) is 11.0 Å². The van der Waals surface area contributed by atoms with Gasteiger partial charge in [0.25, 0.3) is 5.69 Å². The monoisotopic (exact) mass is 401 g/mol. The summed E-state index contributed by atoms with van der Waals surface area (Å²) >= 11 is 0. The lowest BCUT2D eigenvalue weighted by Crippen LogP contribution is -2.31. The number of nitro benzene ring substituents is 1. The standard InChI is InChI=1S/C20H15N7O3/c1-11-16(18(22)28)17(13-4-2-12(10-21)3-5-13)26-20(23-11)24-19(25-26)14-6-8-15(9-7-14)27(29)30/h2-9,17H,1H3,(H2,22,28)(H,23,24,25). The fraction of sp³-hybridized carbons (Fsp3) is 0.100. The number of allylic oxidation sites excluding steroid dienone is 1. The number of primary amides is 1. The van der Waals surface area contributed by atoms with Crippen LogP contribution in [0.3, 0.4) is 0 Å². The summed E-state index contributed by atoms with van der Waals surface area (Å²) in [6, 6.07) is 14.1. The van der Waals surface area contributed by atoms with Gasteiger partial charge in [-0.15, -0.1) is 5.10 Å². The average Bonchev–Trinajstić information content (AvgIpc) is 3.16. The zero-order chi connectivity index (χ0) is 21.4. The first-order chi connectivity index (χ1) is 14.4. The molecule has 0 bridgehead atoms. The van der Waals surface area contributed by atoms with Crippen molar-refractivity contribution in [1.82, 2.24) is 14.8 Å². The van der Waals surface area contributed by atoms with Gasteiger partial charge in [0.2, 0.25) is 11.9 Å². The smallest absolute Gasteiger partial charge is 0.269 e. The molecular formula is C20H15N7O3. The van der Waals surface area contributed by atoms with Gasteiger partial charge in [0.05, 0.1) is 22.1 Å². The summed E-state index contributed by atoms with van der Waals surface area (Å²) in [6.45, 7) is 1.72. The molecule has 1 aromatic heterocycles. The molecule has 0 aliphatic carbocycles. The second-order valence-corrected chi connectivity index (χ2v) is 6.67. The van der Waals surface area contributed by atoms with Crippen LogP contribution in [0.15, 0.2) is 59.8 Å². The van der Waals surface area contributed by atoms with Crippen molar-refractivity contribution in [2.75, 3.05) is 5.32 Å². The molecule has 1 aliphatic heterocycles. The third kappa shape index (κ3) is 3.14. The lowest BCUT2D eigenvalue weighted by molar-refractivity contribution is -0.384. The maximum absolute atomic E-state index is 12.2. The normalized spacial score (nSPS) is 15.1. The minimum atomic E-state index is -0.634. The number of nitrogens with zero attached hydrogens (tertiary/aromatic N) is 5. The van der Waals surface area contributed by atoms with Gasteiger partial charge in [-0.3, -0.25) is 14.9 Å². The fourth-order valence-corrected chi connectivity index (χ4v) is 3.37. The van der Waals surface area contributed by atoms with Crippen LogP contribution in [0.4, 0.5) is 11.6 Å². The highest BCUT2D eigenvalue weighted by molar-refractivity contribution is 5.95. The predicted molar refractivity (Wildman–Crippen MR) is 107 cm³/mol. The van der Waals surface area contributed by atoms with Gasteiger partial charge in [0, 0.05) is 23.4 Å². The Morgan fingerprint density at radius 1 is 1.23 bits per heavy atom. The van der Waals surface area contributed by atoms with Crippen LogP contribution in [-0.2, 0) is 4.79 Å². The number of non-ortho nitro benzene ring substituents is 1. The second kappa shape index (κ2) is 7.14. The minimum absolute atomic E-state index is 0.0372. The molecule has 0 saturated carbocycles. The Morgan fingerprint density at radius 3 is 2.47 bits per heavy atom. The van der Waals surface area contributed by atoms with Crippen molar-refractivity contribution in [2.45, 2.75) is 13.0 Å². The molecule has 2 heterocycles. The van der Waals surface area contributed by atoms with Crippen molar-refractivity contribution in [3.8, 4) is 17.5 Å². The van der Waals surface area contributed by atoms with Crippen molar-refractivity contribution >= 4 is 17.5 Å². The molecule has 30 heavy (non-hydrogen) atoms. The molecule has 1 atom stereocenters. The number of nitrogens with two attached hydrogens (primary N) is 1. The lowest BCUT2D eigenvalue weighted by Gasteiger charge is -2.27.